The maximum Gasteiger partial charge on any atom is 0.271 e. The van der Waals surface area contributed by atoms with Gasteiger partial charge in [0.1, 0.15) is 11.5 Å². The normalized spacial score (nSPS) is 11.4. The molecule has 0 bridgehead atoms. The molecule has 0 fully saturated rings. The first-order chi connectivity index (χ1) is 15.0. The number of ether oxygens (including phenoxy) is 2. The molecule has 7 nitrogen and oxygen atoms in total. The summed E-state index contributed by atoms with van der Waals surface area (Å²) in [7, 11) is 1.57. The summed E-state index contributed by atoms with van der Waals surface area (Å²) in [4.78, 5) is 23.6. The summed E-state index contributed by atoms with van der Waals surface area (Å²) in [5.74, 6) is 1.36. The molecule has 0 aliphatic heterocycles. The molecule has 160 valence electrons. The van der Waals surface area contributed by atoms with Gasteiger partial charge in [0.15, 0.2) is 5.78 Å². The van der Waals surface area contributed by atoms with Gasteiger partial charge in [0.05, 0.1) is 24.7 Å². The number of nitro groups is 1. The number of hydrogen-bond donors (Lipinski definition) is 1. The van der Waals surface area contributed by atoms with Crippen molar-refractivity contribution < 1.29 is 19.2 Å². The molecule has 0 aliphatic rings. The summed E-state index contributed by atoms with van der Waals surface area (Å²) in [5, 5.41) is 14.4. The molecule has 3 aromatic rings. The highest BCUT2D eigenvalue weighted by molar-refractivity contribution is 5.96. The fourth-order valence-corrected chi connectivity index (χ4v) is 3.21. The van der Waals surface area contributed by atoms with E-state index in [9.17, 15) is 14.9 Å². The smallest absolute Gasteiger partial charge is 0.271 e. The largest absolute Gasteiger partial charge is 0.497 e. The lowest BCUT2D eigenvalue weighted by atomic mass is 9.97. The summed E-state index contributed by atoms with van der Waals surface area (Å²) in [6.45, 7) is 2.47. The number of nitrogens with zero attached hydrogens (tertiary/aromatic N) is 1. The van der Waals surface area contributed by atoms with Crippen LogP contribution in [0.25, 0.3) is 0 Å². The van der Waals surface area contributed by atoms with Crippen LogP contribution < -0.4 is 14.8 Å². The van der Waals surface area contributed by atoms with E-state index in [-0.39, 0.29) is 23.9 Å². The summed E-state index contributed by atoms with van der Waals surface area (Å²) < 4.78 is 10.6. The summed E-state index contributed by atoms with van der Waals surface area (Å²) >= 11 is 0. The number of carbonyl (C=O) groups excluding carboxylic acids is 1. The van der Waals surface area contributed by atoms with Crippen LogP contribution in [-0.2, 0) is 0 Å². The molecule has 3 rings (SSSR count). The highest BCUT2D eigenvalue weighted by Gasteiger charge is 2.19. The number of ketones is 1. The van der Waals surface area contributed by atoms with E-state index in [4.69, 9.17) is 9.47 Å². The number of anilines is 1. The summed E-state index contributed by atoms with van der Waals surface area (Å²) in [6.07, 6.45) is 0.170. The van der Waals surface area contributed by atoms with Crippen molar-refractivity contribution >= 4 is 17.2 Å². The van der Waals surface area contributed by atoms with Gasteiger partial charge in [0.2, 0.25) is 0 Å². The highest BCUT2D eigenvalue weighted by atomic mass is 16.6. The van der Waals surface area contributed by atoms with Crippen LogP contribution in [0.4, 0.5) is 11.4 Å². The first-order valence-electron chi connectivity index (χ1n) is 9.91. The van der Waals surface area contributed by atoms with Crippen molar-refractivity contribution in [3.8, 4) is 11.5 Å². The molecule has 0 saturated carbocycles. The Labute approximate surface area is 180 Å². The molecule has 31 heavy (non-hydrogen) atoms. The monoisotopic (exact) mass is 420 g/mol. The molecule has 0 aromatic heterocycles. The zero-order valence-electron chi connectivity index (χ0n) is 17.4. The molecule has 0 saturated heterocycles. The fourth-order valence-electron chi connectivity index (χ4n) is 3.21. The van der Waals surface area contributed by atoms with Gasteiger partial charge in [-0.05, 0) is 55.0 Å². The van der Waals surface area contributed by atoms with E-state index in [1.54, 1.807) is 43.5 Å². The molecule has 0 aliphatic carbocycles. The van der Waals surface area contributed by atoms with E-state index in [0.717, 1.165) is 11.3 Å². The number of Topliss-reactive ketones (excluding diaryl/α,β-unsaturated/α-hetero) is 1. The minimum atomic E-state index is -0.445. The average molecular weight is 420 g/mol. The Hall–Kier alpha value is -3.87. The van der Waals surface area contributed by atoms with E-state index in [2.05, 4.69) is 5.32 Å². The van der Waals surface area contributed by atoms with Crippen LogP contribution in [-0.4, -0.2) is 24.4 Å². The second-order valence-electron chi connectivity index (χ2n) is 6.86. The number of hydrogen-bond acceptors (Lipinski definition) is 6. The second-order valence-corrected chi connectivity index (χ2v) is 6.86. The lowest BCUT2D eigenvalue weighted by Gasteiger charge is -2.20. The van der Waals surface area contributed by atoms with Gasteiger partial charge in [-0.2, -0.15) is 0 Å². The Balaban J connectivity index is 1.86. The third kappa shape index (κ3) is 5.82. The number of carbonyl (C=O) groups is 1. The third-order valence-corrected chi connectivity index (χ3v) is 4.79. The molecular formula is C24H24N2O5. The first kappa shape index (κ1) is 21.8. The van der Waals surface area contributed by atoms with Crippen molar-refractivity contribution in [2.24, 2.45) is 0 Å². The predicted molar refractivity (Wildman–Crippen MR) is 119 cm³/mol. The quantitative estimate of drug-likeness (QED) is 0.267. The van der Waals surface area contributed by atoms with Crippen LogP contribution in [0.2, 0.25) is 0 Å². The number of nitrogens with one attached hydrogen (secondary N) is 1. The zero-order valence-corrected chi connectivity index (χ0v) is 17.4. The zero-order chi connectivity index (χ0) is 22.2. The number of benzene rings is 3. The van der Waals surface area contributed by atoms with Crippen molar-refractivity contribution in [3.63, 3.8) is 0 Å². The lowest BCUT2D eigenvalue weighted by molar-refractivity contribution is -0.384. The summed E-state index contributed by atoms with van der Waals surface area (Å²) in [6, 6.07) is 20.3. The van der Waals surface area contributed by atoms with Gasteiger partial charge in [-0.1, -0.05) is 18.2 Å². The van der Waals surface area contributed by atoms with Crippen molar-refractivity contribution in [1.29, 1.82) is 0 Å². The number of rotatable bonds is 10. The van der Waals surface area contributed by atoms with Gasteiger partial charge < -0.3 is 14.8 Å². The Morgan fingerprint density at radius 3 is 2.32 bits per heavy atom. The van der Waals surface area contributed by atoms with E-state index in [1.807, 2.05) is 31.2 Å². The second kappa shape index (κ2) is 10.2. The van der Waals surface area contributed by atoms with E-state index >= 15 is 0 Å². The molecule has 0 radical (unpaired) electrons. The number of nitro benzene ring substituents is 1. The van der Waals surface area contributed by atoms with Crippen LogP contribution in [0.1, 0.15) is 35.3 Å². The summed E-state index contributed by atoms with van der Waals surface area (Å²) in [5.41, 5.74) is 1.99. The Bertz CT molecular complexity index is 1030. The molecule has 1 unspecified atom stereocenters. The van der Waals surface area contributed by atoms with Gasteiger partial charge in [-0.25, -0.2) is 0 Å². The fraction of sp³-hybridized carbons (Fsp3) is 0.208. The molecule has 0 heterocycles. The Morgan fingerprint density at radius 1 is 1.03 bits per heavy atom. The van der Waals surface area contributed by atoms with E-state index < -0.39 is 4.92 Å². The van der Waals surface area contributed by atoms with Crippen LogP contribution in [0.15, 0.2) is 72.8 Å². The van der Waals surface area contributed by atoms with Gasteiger partial charge in [-0.3, -0.25) is 14.9 Å². The molecule has 1 N–H and O–H groups in total. The number of methoxy groups -OCH3 is 1. The minimum Gasteiger partial charge on any atom is -0.497 e. The molecule has 0 amide bonds. The lowest BCUT2D eigenvalue weighted by Crippen LogP contribution is -2.16. The number of non-ortho nitro benzene ring substituents is 1. The third-order valence-electron chi connectivity index (χ3n) is 4.79. The van der Waals surface area contributed by atoms with Crippen molar-refractivity contribution in [2.45, 2.75) is 19.4 Å². The molecule has 3 aromatic carbocycles. The van der Waals surface area contributed by atoms with E-state index in [0.29, 0.717) is 23.6 Å². The molecular weight excluding hydrogens is 396 g/mol. The first-order valence-corrected chi connectivity index (χ1v) is 9.91. The maximum atomic E-state index is 12.9. The molecule has 1 atom stereocenters. The van der Waals surface area contributed by atoms with E-state index in [1.165, 1.54) is 12.1 Å². The minimum absolute atomic E-state index is 0.0167. The molecule has 0 spiro atoms. The van der Waals surface area contributed by atoms with Gasteiger partial charge in [0, 0.05) is 29.8 Å². The van der Waals surface area contributed by atoms with Crippen LogP contribution in [0.5, 0.6) is 11.5 Å². The van der Waals surface area contributed by atoms with Crippen molar-refractivity contribution in [2.75, 3.05) is 19.0 Å². The van der Waals surface area contributed by atoms with Crippen LogP contribution in [0, 0.1) is 10.1 Å². The Kier molecular flexibility index (Phi) is 7.22. The topological polar surface area (TPSA) is 90.7 Å². The predicted octanol–water partition coefficient (Wildman–Crippen LogP) is 5.43. The molecule has 7 heteroatoms. The van der Waals surface area contributed by atoms with Gasteiger partial charge in [0.25, 0.3) is 5.69 Å². The van der Waals surface area contributed by atoms with Gasteiger partial charge in [-0.15, -0.1) is 0 Å². The van der Waals surface area contributed by atoms with Crippen molar-refractivity contribution in [3.05, 3.63) is 94.0 Å². The van der Waals surface area contributed by atoms with Gasteiger partial charge >= 0.3 is 0 Å². The van der Waals surface area contributed by atoms with Crippen molar-refractivity contribution in [1.82, 2.24) is 0 Å². The average Bonchev–Trinajstić information content (AvgIpc) is 2.79. The van der Waals surface area contributed by atoms with Crippen LogP contribution in [0.3, 0.4) is 0 Å². The standard InChI is InChI=1S/C24H24N2O5/c1-3-31-22-13-7-17(8-14-22)23(25-19-5-4-6-20(15-19)26(28)29)16-24(27)18-9-11-21(30-2)12-10-18/h4-15,23,25H,3,16H2,1-2H3. The Morgan fingerprint density at radius 2 is 1.71 bits per heavy atom. The highest BCUT2D eigenvalue weighted by Crippen LogP contribution is 2.28. The van der Waals surface area contributed by atoms with Crippen LogP contribution >= 0.6 is 0 Å². The maximum absolute atomic E-state index is 12.9. The SMILES string of the molecule is CCOc1ccc(C(CC(=O)c2ccc(OC)cc2)Nc2cccc([N+](=O)[O-])c2)cc1.